The number of hydrogen-bond donors (Lipinski definition) is 3. The van der Waals surface area contributed by atoms with E-state index in [1.165, 1.54) is 0 Å². The minimum absolute atomic E-state index is 0.00908. The number of urea groups is 1. The SMILES string of the molecule is C#CCOc1ccc(NC(=O)NC[C@@](C)(O)c2ccc(C)o2)cc1. The van der Waals surface area contributed by atoms with Gasteiger partial charge in [0.25, 0.3) is 0 Å². The summed E-state index contributed by atoms with van der Waals surface area (Å²) >= 11 is 0. The minimum atomic E-state index is -1.29. The number of benzene rings is 1. The summed E-state index contributed by atoms with van der Waals surface area (Å²) in [7, 11) is 0. The number of ether oxygens (including phenoxy) is 1. The first-order valence-corrected chi connectivity index (χ1v) is 7.41. The molecule has 2 amide bonds. The molecule has 0 aliphatic heterocycles. The van der Waals surface area contributed by atoms with Crippen LogP contribution in [0.2, 0.25) is 0 Å². The molecule has 6 nitrogen and oxygen atoms in total. The molecule has 24 heavy (non-hydrogen) atoms. The van der Waals surface area contributed by atoms with Gasteiger partial charge in [-0.1, -0.05) is 5.92 Å². The van der Waals surface area contributed by atoms with Crippen LogP contribution < -0.4 is 15.4 Å². The zero-order valence-corrected chi connectivity index (χ0v) is 13.6. The Bertz CT molecular complexity index is 726. The van der Waals surface area contributed by atoms with Crippen LogP contribution in [0.3, 0.4) is 0 Å². The minimum Gasteiger partial charge on any atom is -0.481 e. The molecule has 0 bridgehead atoms. The van der Waals surface area contributed by atoms with Gasteiger partial charge in [0.05, 0.1) is 6.54 Å². The molecular weight excluding hydrogens is 308 g/mol. The van der Waals surface area contributed by atoms with Crippen molar-refractivity contribution in [3.05, 3.63) is 47.9 Å². The molecular formula is C18H20N2O4. The molecule has 0 saturated heterocycles. The first-order valence-electron chi connectivity index (χ1n) is 7.41. The van der Waals surface area contributed by atoms with Gasteiger partial charge in [-0.3, -0.25) is 0 Å². The Morgan fingerprint density at radius 1 is 1.33 bits per heavy atom. The second kappa shape index (κ2) is 7.57. The van der Waals surface area contributed by atoms with Gasteiger partial charge in [-0.25, -0.2) is 4.79 Å². The Labute approximate surface area is 140 Å². The lowest BCUT2D eigenvalue weighted by atomic mass is 10.0. The van der Waals surface area contributed by atoms with Crippen molar-refractivity contribution in [1.29, 1.82) is 0 Å². The monoisotopic (exact) mass is 328 g/mol. The molecule has 0 fully saturated rings. The molecule has 0 saturated carbocycles. The highest BCUT2D eigenvalue weighted by atomic mass is 16.5. The maximum atomic E-state index is 11.9. The maximum absolute atomic E-state index is 11.9. The number of amides is 2. The number of hydrogen-bond acceptors (Lipinski definition) is 4. The summed E-state index contributed by atoms with van der Waals surface area (Å²) in [6.45, 7) is 3.56. The van der Waals surface area contributed by atoms with Crippen LogP contribution in [-0.2, 0) is 5.60 Å². The number of carbonyl (C=O) groups is 1. The topological polar surface area (TPSA) is 83.7 Å². The molecule has 2 rings (SSSR count). The van der Waals surface area contributed by atoms with Gasteiger partial charge in [0.2, 0.25) is 0 Å². The number of carbonyl (C=O) groups excluding carboxylic acids is 1. The molecule has 3 N–H and O–H groups in total. The Morgan fingerprint density at radius 3 is 2.62 bits per heavy atom. The highest BCUT2D eigenvalue weighted by molar-refractivity contribution is 5.89. The van der Waals surface area contributed by atoms with E-state index in [1.807, 2.05) is 0 Å². The number of aryl methyl sites for hydroxylation is 1. The van der Waals surface area contributed by atoms with Crippen molar-refractivity contribution in [2.24, 2.45) is 0 Å². The van der Waals surface area contributed by atoms with E-state index in [-0.39, 0.29) is 13.2 Å². The molecule has 0 aliphatic carbocycles. The normalized spacial score (nSPS) is 12.8. The predicted octanol–water partition coefficient (Wildman–Crippen LogP) is 2.63. The number of nitrogens with one attached hydrogen (secondary N) is 2. The fourth-order valence-corrected chi connectivity index (χ4v) is 2.00. The van der Waals surface area contributed by atoms with Crippen molar-refractivity contribution in [2.75, 3.05) is 18.5 Å². The van der Waals surface area contributed by atoms with Crippen molar-refractivity contribution in [2.45, 2.75) is 19.4 Å². The second-order valence-corrected chi connectivity index (χ2v) is 5.51. The van der Waals surface area contributed by atoms with Gasteiger partial charge in [0.1, 0.15) is 29.5 Å². The van der Waals surface area contributed by atoms with Crippen molar-refractivity contribution >= 4 is 11.7 Å². The smallest absolute Gasteiger partial charge is 0.319 e. The standard InChI is InChI=1S/C18H20N2O4/c1-4-11-23-15-8-6-14(7-9-15)20-17(21)19-12-18(3,22)16-10-5-13(2)24-16/h1,5-10,22H,11-12H2,2-3H3,(H2,19,20,21)/t18-/m1/s1. The quantitative estimate of drug-likeness (QED) is 0.712. The van der Waals surface area contributed by atoms with E-state index in [1.54, 1.807) is 50.2 Å². The van der Waals surface area contributed by atoms with Crippen LogP contribution in [0, 0.1) is 19.3 Å². The van der Waals surface area contributed by atoms with Crippen molar-refractivity contribution < 1.29 is 19.1 Å². The molecule has 1 heterocycles. The van der Waals surface area contributed by atoms with Crippen molar-refractivity contribution in [1.82, 2.24) is 5.32 Å². The number of rotatable bonds is 6. The van der Waals surface area contributed by atoms with E-state index in [0.29, 0.717) is 23.0 Å². The summed E-state index contributed by atoms with van der Waals surface area (Å²) in [6.07, 6.45) is 5.12. The molecule has 0 radical (unpaired) electrons. The van der Waals surface area contributed by atoms with Crippen LogP contribution in [0.15, 0.2) is 40.8 Å². The Hall–Kier alpha value is -2.91. The van der Waals surface area contributed by atoms with Gasteiger partial charge in [-0.15, -0.1) is 6.42 Å². The number of terminal acetylenes is 1. The molecule has 1 atom stereocenters. The summed E-state index contributed by atoms with van der Waals surface area (Å²) in [6, 6.07) is 9.80. The summed E-state index contributed by atoms with van der Waals surface area (Å²) in [5, 5.41) is 15.6. The highest BCUT2D eigenvalue weighted by Crippen LogP contribution is 2.22. The molecule has 1 aromatic carbocycles. The van der Waals surface area contributed by atoms with Crippen LogP contribution in [0.4, 0.5) is 10.5 Å². The summed E-state index contributed by atoms with van der Waals surface area (Å²) in [4.78, 5) is 11.9. The first kappa shape index (κ1) is 17.4. The van der Waals surface area contributed by atoms with Crippen LogP contribution in [0.1, 0.15) is 18.4 Å². The Kier molecular flexibility index (Phi) is 5.51. The molecule has 0 spiro atoms. The van der Waals surface area contributed by atoms with Crippen molar-refractivity contribution in [3.63, 3.8) is 0 Å². The molecule has 0 unspecified atom stereocenters. The molecule has 2 aromatic rings. The fourth-order valence-electron chi connectivity index (χ4n) is 2.00. The van der Waals surface area contributed by atoms with E-state index < -0.39 is 11.6 Å². The third-order valence-corrected chi connectivity index (χ3v) is 3.30. The number of aliphatic hydroxyl groups is 1. The van der Waals surface area contributed by atoms with Crippen molar-refractivity contribution in [3.8, 4) is 18.1 Å². The van der Waals surface area contributed by atoms with Gasteiger partial charge in [-0.05, 0) is 50.2 Å². The van der Waals surface area contributed by atoms with E-state index in [4.69, 9.17) is 15.6 Å². The number of furan rings is 1. The van der Waals surface area contributed by atoms with Gasteiger partial charge in [0.15, 0.2) is 0 Å². The highest BCUT2D eigenvalue weighted by Gasteiger charge is 2.27. The Morgan fingerprint density at radius 2 is 2.04 bits per heavy atom. The van der Waals surface area contributed by atoms with E-state index >= 15 is 0 Å². The van der Waals surface area contributed by atoms with E-state index in [9.17, 15) is 9.90 Å². The zero-order chi connectivity index (χ0) is 17.6. The van der Waals surface area contributed by atoms with Gasteiger partial charge in [-0.2, -0.15) is 0 Å². The first-order chi connectivity index (χ1) is 11.4. The van der Waals surface area contributed by atoms with Gasteiger partial charge >= 0.3 is 6.03 Å². The predicted molar refractivity (Wildman–Crippen MR) is 90.8 cm³/mol. The van der Waals surface area contributed by atoms with Crippen LogP contribution in [0.25, 0.3) is 0 Å². The average molecular weight is 328 g/mol. The lowest BCUT2D eigenvalue weighted by molar-refractivity contribution is 0.0364. The average Bonchev–Trinajstić information content (AvgIpc) is 3.00. The largest absolute Gasteiger partial charge is 0.481 e. The van der Waals surface area contributed by atoms with E-state index in [0.717, 1.165) is 0 Å². The Balaban J connectivity index is 1.86. The van der Waals surface area contributed by atoms with Crippen LogP contribution >= 0.6 is 0 Å². The third-order valence-electron chi connectivity index (χ3n) is 3.30. The zero-order valence-electron chi connectivity index (χ0n) is 13.6. The van der Waals surface area contributed by atoms with Crippen LogP contribution in [0.5, 0.6) is 5.75 Å². The molecule has 6 heteroatoms. The van der Waals surface area contributed by atoms with Crippen LogP contribution in [-0.4, -0.2) is 24.3 Å². The second-order valence-electron chi connectivity index (χ2n) is 5.51. The summed E-state index contributed by atoms with van der Waals surface area (Å²) < 4.78 is 10.6. The molecule has 1 aromatic heterocycles. The maximum Gasteiger partial charge on any atom is 0.319 e. The van der Waals surface area contributed by atoms with Gasteiger partial charge < -0.3 is 24.9 Å². The fraction of sp³-hybridized carbons (Fsp3) is 0.278. The van der Waals surface area contributed by atoms with E-state index in [2.05, 4.69) is 16.6 Å². The van der Waals surface area contributed by atoms with Gasteiger partial charge in [0, 0.05) is 5.69 Å². The summed E-state index contributed by atoms with van der Waals surface area (Å²) in [5.74, 6) is 4.09. The lowest BCUT2D eigenvalue weighted by Gasteiger charge is -2.21. The lowest BCUT2D eigenvalue weighted by Crippen LogP contribution is -2.40. The summed E-state index contributed by atoms with van der Waals surface area (Å²) in [5.41, 5.74) is -0.701. The molecule has 126 valence electrons. The molecule has 0 aliphatic rings. The third kappa shape index (κ3) is 4.80. The number of anilines is 1.